The van der Waals surface area contributed by atoms with Gasteiger partial charge in [0.15, 0.2) is 5.11 Å². The number of nitrogens with one attached hydrogen (secondary N) is 2. The summed E-state index contributed by atoms with van der Waals surface area (Å²) in [7, 11) is 1.53. The first-order valence-electron chi connectivity index (χ1n) is 7.04. The molecule has 0 bridgehead atoms. The Bertz CT molecular complexity index is 811. The number of carbonyl (C=O) groups excluding carboxylic acids is 1. The lowest BCUT2D eigenvalue weighted by molar-refractivity contribution is 0.0974. The first-order chi connectivity index (χ1) is 11.3. The van der Waals surface area contributed by atoms with Crippen LogP contribution in [0.3, 0.4) is 0 Å². The molecule has 0 heterocycles. The largest absolute Gasteiger partial charge is 0.496 e. The highest BCUT2D eigenvalue weighted by molar-refractivity contribution is 9.10. The predicted octanol–water partition coefficient (Wildman–Crippen LogP) is 4.85. The Morgan fingerprint density at radius 1 is 1.21 bits per heavy atom. The van der Waals surface area contributed by atoms with Crippen molar-refractivity contribution in [2.75, 3.05) is 12.4 Å². The molecule has 0 atom stereocenters. The molecule has 4 nitrogen and oxygen atoms in total. The van der Waals surface area contributed by atoms with Crippen LogP contribution in [0, 0.1) is 13.8 Å². The highest BCUT2D eigenvalue weighted by Crippen LogP contribution is 2.28. The number of hydrogen-bond acceptors (Lipinski definition) is 3. The van der Waals surface area contributed by atoms with Crippen LogP contribution in [0.5, 0.6) is 5.75 Å². The lowest BCUT2D eigenvalue weighted by Gasteiger charge is -2.14. The van der Waals surface area contributed by atoms with E-state index in [1.54, 1.807) is 18.2 Å². The summed E-state index contributed by atoms with van der Waals surface area (Å²) in [6.07, 6.45) is 0. The quantitative estimate of drug-likeness (QED) is 0.687. The highest BCUT2D eigenvalue weighted by atomic mass is 79.9. The maximum Gasteiger partial charge on any atom is 0.261 e. The van der Waals surface area contributed by atoms with Crippen molar-refractivity contribution >= 4 is 56.5 Å². The number of benzene rings is 2. The minimum Gasteiger partial charge on any atom is -0.496 e. The summed E-state index contributed by atoms with van der Waals surface area (Å²) in [6.45, 7) is 3.79. The van der Waals surface area contributed by atoms with Gasteiger partial charge in [0, 0.05) is 15.2 Å². The molecule has 0 spiro atoms. The van der Waals surface area contributed by atoms with Crippen LogP contribution in [0.2, 0.25) is 5.02 Å². The topological polar surface area (TPSA) is 50.4 Å². The molecular formula is C17H16BrClN2O2S. The van der Waals surface area contributed by atoms with E-state index in [4.69, 9.17) is 28.6 Å². The van der Waals surface area contributed by atoms with Crippen LogP contribution in [-0.2, 0) is 0 Å². The standard InChI is InChI=1S/C17H16BrClN2O2S/c1-9-4-5-12(19)8-14(9)20-17(24)21-16(22)13-7-11(18)6-10(2)15(13)23-3/h4-8H,1-3H3,(H2,20,21,22,24). The number of methoxy groups -OCH3 is 1. The molecule has 0 unspecified atom stereocenters. The van der Waals surface area contributed by atoms with Gasteiger partial charge in [0.1, 0.15) is 5.75 Å². The minimum atomic E-state index is -0.353. The Balaban J connectivity index is 2.18. The second-order valence-corrected chi connectivity index (χ2v) is 6.93. The van der Waals surface area contributed by atoms with Crippen molar-refractivity contribution in [1.29, 1.82) is 0 Å². The van der Waals surface area contributed by atoms with Crippen LogP contribution in [-0.4, -0.2) is 18.1 Å². The molecule has 0 saturated carbocycles. The number of aryl methyl sites for hydroxylation is 2. The Hall–Kier alpha value is -1.63. The minimum absolute atomic E-state index is 0.185. The molecule has 0 aromatic heterocycles. The van der Waals surface area contributed by atoms with Crippen LogP contribution in [0.15, 0.2) is 34.8 Å². The van der Waals surface area contributed by atoms with Gasteiger partial charge < -0.3 is 10.1 Å². The van der Waals surface area contributed by atoms with Crippen molar-refractivity contribution < 1.29 is 9.53 Å². The summed E-state index contributed by atoms with van der Waals surface area (Å²) in [4.78, 5) is 12.5. The van der Waals surface area contributed by atoms with Gasteiger partial charge >= 0.3 is 0 Å². The average Bonchev–Trinajstić information content (AvgIpc) is 2.50. The fourth-order valence-corrected chi connectivity index (χ4v) is 3.17. The zero-order valence-electron chi connectivity index (χ0n) is 13.4. The lowest BCUT2D eigenvalue weighted by atomic mass is 10.1. The van der Waals surface area contributed by atoms with E-state index in [9.17, 15) is 4.79 Å². The van der Waals surface area contributed by atoms with E-state index in [1.807, 2.05) is 26.0 Å². The number of hydrogen-bond donors (Lipinski definition) is 2. The Morgan fingerprint density at radius 2 is 1.92 bits per heavy atom. The van der Waals surface area contributed by atoms with Crippen LogP contribution in [0.4, 0.5) is 5.69 Å². The van der Waals surface area contributed by atoms with Crippen LogP contribution >= 0.6 is 39.7 Å². The number of halogens is 2. The van der Waals surface area contributed by atoms with Crippen molar-refractivity contribution in [3.05, 3.63) is 56.5 Å². The maximum absolute atomic E-state index is 12.5. The van der Waals surface area contributed by atoms with Crippen molar-refractivity contribution in [3.8, 4) is 5.75 Å². The Kier molecular flexibility index (Phi) is 6.21. The summed E-state index contributed by atoms with van der Waals surface area (Å²) < 4.78 is 6.11. The van der Waals surface area contributed by atoms with Crippen molar-refractivity contribution in [2.45, 2.75) is 13.8 Å². The molecule has 1 amide bonds. The molecule has 0 aliphatic heterocycles. The van der Waals surface area contributed by atoms with Gasteiger partial charge in [-0.3, -0.25) is 10.1 Å². The van der Waals surface area contributed by atoms with Crippen LogP contribution < -0.4 is 15.4 Å². The molecule has 2 aromatic carbocycles. The molecule has 0 fully saturated rings. The number of carbonyl (C=O) groups is 1. The SMILES string of the molecule is COc1c(C)cc(Br)cc1C(=O)NC(=S)Nc1cc(Cl)ccc1C. The van der Waals surface area contributed by atoms with E-state index in [0.717, 1.165) is 21.3 Å². The first kappa shape index (κ1) is 18.7. The predicted molar refractivity (Wildman–Crippen MR) is 105 cm³/mol. The number of thiocarbonyl (C=S) groups is 1. The molecule has 0 aliphatic rings. The van der Waals surface area contributed by atoms with E-state index < -0.39 is 0 Å². The van der Waals surface area contributed by atoms with E-state index in [-0.39, 0.29) is 11.0 Å². The molecule has 2 aromatic rings. The van der Waals surface area contributed by atoms with Crippen LogP contribution in [0.25, 0.3) is 0 Å². The number of rotatable bonds is 3. The van der Waals surface area contributed by atoms with Gasteiger partial charge in [0.25, 0.3) is 5.91 Å². The second kappa shape index (κ2) is 7.96. The molecule has 126 valence electrons. The van der Waals surface area contributed by atoms with Crippen molar-refractivity contribution in [2.24, 2.45) is 0 Å². The summed E-state index contributed by atoms with van der Waals surface area (Å²) in [6, 6.07) is 8.98. The van der Waals surface area contributed by atoms with E-state index >= 15 is 0 Å². The number of amides is 1. The molecule has 7 heteroatoms. The van der Waals surface area contributed by atoms with Gasteiger partial charge in [-0.1, -0.05) is 33.6 Å². The van der Waals surface area contributed by atoms with E-state index in [1.165, 1.54) is 7.11 Å². The normalized spacial score (nSPS) is 10.2. The third-order valence-corrected chi connectivity index (χ3v) is 4.26. The fourth-order valence-electron chi connectivity index (χ4n) is 2.22. The smallest absolute Gasteiger partial charge is 0.261 e. The van der Waals surface area contributed by atoms with Gasteiger partial charge in [0.2, 0.25) is 0 Å². The molecule has 2 rings (SSSR count). The molecule has 2 N–H and O–H groups in total. The zero-order chi connectivity index (χ0) is 17.9. The zero-order valence-corrected chi connectivity index (χ0v) is 16.5. The van der Waals surface area contributed by atoms with Gasteiger partial charge in [-0.2, -0.15) is 0 Å². The summed E-state index contributed by atoms with van der Waals surface area (Å²) >= 11 is 14.6. The first-order valence-corrected chi connectivity index (χ1v) is 8.62. The van der Waals surface area contributed by atoms with Crippen molar-refractivity contribution in [3.63, 3.8) is 0 Å². The van der Waals surface area contributed by atoms with E-state index in [0.29, 0.717) is 16.3 Å². The molecule has 0 aliphatic carbocycles. The third kappa shape index (κ3) is 4.47. The fraction of sp³-hybridized carbons (Fsp3) is 0.176. The van der Waals surface area contributed by atoms with Gasteiger partial charge in [-0.05, 0) is 61.5 Å². The third-order valence-electron chi connectivity index (χ3n) is 3.36. The summed E-state index contributed by atoms with van der Waals surface area (Å²) in [5.41, 5.74) is 2.95. The molecular weight excluding hydrogens is 412 g/mol. The number of ether oxygens (including phenoxy) is 1. The van der Waals surface area contributed by atoms with Crippen LogP contribution in [0.1, 0.15) is 21.5 Å². The number of anilines is 1. The molecule has 0 radical (unpaired) electrons. The van der Waals surface area contributed by atoms with Gasteiger partial charge in [-0.15, -0.1) is 0 Å². The molecule has 24 heavy (non-hydrogen) atoms. The maximum atomic E-state index is 12.5. The summed E-state index contributed by atoms with van der Waals surface area (Å²) in [5, 5.41) is 6.41. The Morgan fingerprint density at radius 3 is 2.58 bits per heavy atom. The summed E-state index contributed by atoms with van der Waals surface area (Å²) in [5.74, 6) is 0.158. The van der Waals surface area contributed by atoms with Gasteiger partial charge in [0.05, 0.1) is 12.7 Å². The lowest BCUT2D eigenvalue weighted by Crippen LogP contribution is -2.34. The highest BCUT2D eigenvalue weighted by Gasteiger charge is 2.17. The monoisotopic (exact) mass is 426 g/mol. The van der Waals surface area contributed by atoms with Gasteiger partial charge in [-0.25, -0.2) is 0 Å². The average molecular weight is 428 g/mol. The van der Waals surface area contributed by atoms with E-state index in [2.05, 4.69) is 26.6 Å². The van der Waals surface area contributed by atoms with Crippen molar-refractivity contribution in [1.82, 2.24) is 5.32 Å². The molecule has 0 saturated heterocycles. The Labute approximate surface area is 159 Å². The second-order valence-electron chi connectivity index (χ2n) is 5.17.